The van der Waals surface area contributed by atoms with Crippen LogP contribution in [0.1, 0.15) is 51.8 Å². The van der Waals surface area contributed by atoms with E-state index in [1.165, 1.54) is 19.3 Å². The van der Waals surface area contributed by atoms with E-state index in [-0.39, 0.29) is 36.6 Å². The van der Waals surface area contributed by atoms with Crippen LogP contribution in [0, 0.1) is 23.7 Å². The molecule has 2 atom stereocenters. The predicted octanol–water partition coefficient (Wildman–Crippen LogP) is 3.15. The van der Waals surface area contributed by atoms with Gasteiger partial charge in [0.25, 0.3) is 0 Å². The van der Waals surface area contributed by atoms with E-state index in [1.807, 2.05) is 12.4 Å². The van der Waals surface area contributed by atoms with Crippen LogP contribution in [0.2, 0.25) is 0 Å². The molecule has 0 aliphatic heterocycles. The van der Waals surface area contributed by atoms with Crippen molar-refractivity contribution in [1.82, 2.24) is 14.9 Å². The number of amides is 1. The van der Waals surface area contributed by atoms with Gasteiger partial charge < -0.3 is 15.6 Å². The summed E-state index contributed by atoms with van der Waals surface area (Å²) in [5.74, 6) is 2.92. The second kappa shape index (κ2) is 9.79. The quantitative estimate of drug-likeness (QED) is 0.810. The fraction of sp³-hybridized carbons (Fsp3) is 0.778. The summed E-state index contributed by atoms with van der Waals surface area (Å²) in [5.41, 5.74) is 6.32. The summed E-state index contributed by atoms with van der Waals surface area (Å²) in [7, 11) is 0. The van der Waals surface area contributed by atoms with Gasteiger partial charge in [0.15, 0.2) is 0 Å². The highest BCUT2D eigenvalue weighted by molar-refractivity contribution is 5.85. The molecule has 25 heavy (non-hydrogen) atoms. The van der Waals surface area contributed by atoms with E-state index in [0.29, 0.717) is 30.3 Å². The molecule has 1 heterocycles. The molecule has 1 aromatic heterocycles. The molecule has 2 aliphatic carbocycles. The molecule has 2 aliphatic rings. The van der Waals surface area contributed by atoms with Gasteiger partial charge in [-0.2, -0.15) is 0 Å². The van der Waals surface area contributed by atoms with Crippen LogP contribution in [0.3, 0.4) is 0 Å². The highest BCUT2D eigenvalue weighted by Crippen LogP contribution is 2.41. The average Bonchev–Trinajstić information content (AvgIpc) is 2.91. The Hall–Kier alpha value is -0.780. The zero-order valence-electron chi connectivity index (χ0n) is 15.2. The van der Waals surface area contributed by atoms with E-state index in [4.69, 9.17) is 5.73 Å². The number of aromatic nitrogens is 2. The fourth-order valence-electron chi connectivity index (χ4n) is 4.38. The van der Waals surface area contributed by atoms with Crippen molar-refractivity contribution in [1.29, 1.82) is 0 Å². The predicted molar refractivity (Wildman–Crippen MR) is 105 cm³/mol. The fourth-order valence-corrected chi connectivity index (χ4v) is 4.38. The van der Waals surface area contributed by atoms with Gasteiger partial charge in [-0.15, -0.1) is 24.8 Å². The molecule has 1 aromatic rings. The summed E-state index contributed by atoms with van der Waals surface area (Å²) >= 11 is 0. The van der Waals surface area contributed by atoms with Gasteiger partial charge in [0.1, 0.15) is 5.82 Å². The summed E-state index contributed by atoms with van der Waals surface area (Å²) in [6.07, 6.45) is 9.40. The smallest absolute Gasteiger partial charge is 0.223 e. The van der Waals surface area contributed by atoms with Crippen LogP contribution in [0.4, 0.5) is 0 Å². The Morgan fingerprint density at radius 1 is 1.32 bits per heavy atom. The maximum absolute atomic E-state index is 12.6. The molecule has 1 amide bonds. The Morgan fingerprint density at radius 2 is 1.96 bits per heavy atom. The number of halogens is 2. The maximum atomic E-state index is 12.6. The van der Waals surface area contributed by atoms with Crippen LogP contribution >= 0.6 is 24.8 Å². The van der Waals surface area contributed by atoms with E-state index in [9.17, 15) is 4.79 Å². The number of fused-ring (bicyclic) bond motifs is 2. The minimum atomic E-state index is 0. The summed E-state index contributed by atoms with van der Waals surface area (Å²) in [4.78, 5) is 17.0. The highest BCUT2D eigenvalue weighted by atomic mass is 35.5. The molecule has 0 aromatic carbocycles. The average molecular weight is 391 g/mol. The lowest BCUT2D eigenvalue weighted by atomic mass is 9.65. The van der Waals surface area contributed by atoms with Crippen molar-refractivity contribution in [2.45, 2.75) is 65.1 Å². The van der Waals surface area contributed by atoms with Gasteiger partial charge in [0, 0.05) is 30.9 Å². The van der Waals surface area contributed by atoms with E-state index >= 15 is 0 Å². The van der Waals surface area contributed by atoms with Gasteiger partial charge in [0.2, 0.25) is 5.91 Å². The second-order valence-electron chi connectivity index (χ2n) is 7.80. The normalized spacial score (nSPS) is 28.0. The third-order valence-corrected chi connectivity index (χ3v) is 5.57. The van der Waals surface area contributed by atoms with E-state index < -0.39 is 0 Å². The van der Waals surface area contributed by atoms with E-state index in [0.717, 1.165) is 25.2 Å². The number of hydrogen-bond donors (Lipinski definition) is 2. The number of imidazole rings is 1. The first-order valence-corrected chi connectivity index (χ1v) is 9.08. The molecule has 2 fully saturated rings. The van der Waals surface area contributed by atoms with Crippen LogP contribution in [0.25, 0.3) is 0 Å². The molecular formula is C18H32Cl2N4O. The van der Waals surface area contributed by atoms with Gasteiger partial charge in [-0.05, 0) is 43.4 Å². The summed E-state index contributed by atoms with van der Waals surface area (Å²) < 4.78 is 2.14. The Kier molecular flexibility index (Phi) is 8.72. The second-order valence-corrected chi connectivity index (χ2v) is 7.80. The van der Waals surface area contributed by atoms with Crippen molar-refractivity contribution in [3.63, 3.8) is 0 Å². The molecule has 0 saturated heterocycles. The molecule has 0 radical (unpaired) electrons. The summed E-state index contributed by atoms with van der Waals surface area (Å²) in [6.45, 7) is 5.84. The molecule has 7 heteroatoms. The molecule has 2 saturated carbocycles. The largest absolute Gasteiger partial charge is 0.349 e. The molecule has 2 bridgehead atoms. The first-order valence-electron chi connectivity index (χ1n) is 9.08. The number of carbonyl (C=O) groups excluding carboxylic acids is 1. The van der Waals surface area contributed by atoms with E-state index in [1.54, 1.807) is 0 Å². The number of rotatable bonds is 5. The zero-order valence-corrected chi connectivity index (χ0v) is 16.8. The van der Waals surface area contributed by atoms with Crippen LogP contribution in [0.5, 0.6) is 0 Å². The highest BCUT2D eigenvalue weighted by Gasteiger charge is 2.40. The number of nitrogens with two attached hydrogens (primary N) is 1. The number of carbonyl (C=O) groups is 1. The molecule has 2 unspecified atom stereocenters. The van der Waals surface area contributed by atoms with E-state index in [2.05, 4.69) is 28.7 Å². The van der Waals surface area contributed by atoms with Gasteiger partial charge in [-0.1, -0.05) is 20.3 Å². The Labute approximate surface area is 163 Å². The first kappa shape index (κ1) is 22.3. The lowest BCUT2D eigenvalue weighted by Gasteiger charge is -2.43. The van der Waals surface area contributed by atoms with Gasteiger partial charge in [-0.25, -0.2) is 4.98 Å². The van der Waals surface area contributed by atoms with Crippen molar-refractivity contribution in [2.24, 2.45) is 29.4 Å². The van der Waals surface area contributed by atoms with Crippen molar-refractivity contribution in [2.75, 3.05) is 0 Å². The van der Waals surface area contributed by atoms with Crippen molar-refractivity contribution < 1.29 is 4.79 Å². The monoisotopic (exact) mass is 390 g/mol. The maximum Gasteiger partial charge on any atom is 0.223 e. The lowest BCUT2D eigenvalue weighted by Crippen LogP contribution is -2.49. The number of hydrogen-bond acceptors (Lipinski definition) is 3. The topological polar surface area (TPSA) is 72.9 Å². The van der Waals surface area contributed by atoms with Crippen molar-refractivity contribution in [3.05, 3.63) is 18.2 Å². The summed E-state index contributed by atoms with van der Waals surface area (Å²) in [5, 5.41) is 3.11. The first-order chi connectivity index (χ1) is 11.0. The Bertz CT molecular complexity index is 535. The third-order valence-electron chi connectivity index (χ3n) is 5.57. The van der Waals surface area contributed by atoms with Gasteiger partial charge in [-0.3, -0.25) is 4.79 Å². The molecule has 3 rings (SSSR count). The Balaban J connectivity index is 0.00000156. The minimum absolute atomic E-state index is 0. The minimum Gasteiger partial charge on any atom is -0.349 e. The standard InChI is InChI=1S/C18H30N4O.2ClH/c1-12(2)11-22-7-6-20-16(22)10-21-18(23)15-8-13-4-3-5-14(9-15)17(13)19;;/h6-7,12-15,17H,3-5,8-11,19H2,1-2H3,(H,21,23);2*1H. The third kappa shape index (κ3) is 5.35. The number of nitrogens with zero attached hydrogens (tertiary/aromatic N) is 2. The SMILES string of the molecule is CC(C)Cn1ccnc1CNC(=O)C1CC2CCCC(C1)C2N.Cl.Cl. The van der Waals surface area contributed by atoms with Gasteiger partial charge >= 0.3 is 0 Å². The molecule has 144 valence electrons. The van der Waals surface area contributed by atoms with Crippen LogP contribution in [0.15, 0.2) is 12.4 Å². The van der Waals surface area contributed by atoms with Crippen LogP contribution < -0.4 is 11.1 Å². The van der Waals surface area contributed by atoms with Crippen LogP contribution in [-0.4, -0.2) is 21.5 Å². The molecule has 0 spiro atoms. The Morgan fingerprint density at radius 3 is 2.56 bits per heavy atom. The lowest BCUT2D eigenvalue weighted by molar-refractivity contribution is -0.128. The molecular weight excluding hydrogens is 359 g/mol. The summed E-state index contributed by atoms with van der Waals surface area (Å²) in [6, 6.07) is 0.317. The number of nitrogens with one attached hydrogen (secondary N) is 1. The van der Waals surface area contributed by atoms with Gasteiger partial charge in [0.05, 0.1) is 6.54 Å². The zero-order chi connectivity index (χ0) is 16.4. The molecule has 3 N–H and O–H groups in total. The van der Waals surface area contributed by atoms with Crippen molar-refractivity contribution in [3.8, 4) is 0 Å². The molecule has 5 nitrogen and oxygen atoms in total. The van der Waals surface area contributed by atoms with Crippen LogP contribution in [-0.2, 0) is 17.9 Å². The van der Waals surface area contributed by atoms with Crippen molar-refractivity contribution >= 4 is 30.7 Å².